The highest BCUT2D eigenvalue weighted by Gasteiger charge is 2.52. The van der Waals surface area contributed by atoms with Gasteiger partial charge in [0.2, 0.25) is 11.8 Å². The van der Waals surface area contributed by atoms with E-state index in [2.05, 4.69) is 51.9 Å². The molecule has 2 saturated heterocycles. The Hall–Kier alpha value is -2.44. The lowest BCUT2D eigenvalue weighted by Crippen LogP contribution is -2.56. The van der Waals surface area contributed by atoms with Crippen molar-refractivity contribution in [3.8, 4) is 5.88 Å². The Morgan fingerprint density at radius 1 is 1.05 bits per heavy atom. The second-order valence-electron chi connectivity index (χ2n) is 11.8. The third-order valence-corrected chi connectivity index (χ3v) is 9.78. The first-order valence-corrected chi connectivity index (χ1v) is 14.5. The zero-order valence-corrected chi connectivity index (χ0v) is 22.3. The predicted octanol–water partition coefficient (Wildman–Crippen LogP) is 4.40. The Morgan fingerprint density at radius 3 is 2.68 bits per heavy atom. The summed E-state index contributed by atoms with van der Waals surface area (Å²) >= 11 is 0. The van der Waals surface area contributed by atoms with E-state index < -0.39 is 0 Å². The van der Waals surface area contributed by atoms with Crippen LogP contribution in [0.1, 0.15) is 74.1 Å². The maximum absolute atomic E-state index is 14.5. The van der Waals surface area contributed by atoms with E-state index in [-0.39, 0.29) is 11.3 Å². The minimum atomic E-state index is -0.254. The van der Waals surface area contributed by atoms with Crippen LogP contribution in [0.15, 0.2) is 42.5 Å². The first-order chi connectivity index (χ1) is 18.2. The molecule has 3 aliphatic heterocycles. The maximum atomic E-state index is 14.5. The van der Waals surface area contributed by atoms with Crippen LogP contribution >= 0.6 is 0 Å². The largest absolute Gasteiger partial charge is 0.481 e. The molecular formula is C31H42N4O2. The van der Waals surface area contributed by atoms with E-state index in [1.165, 1.54) is 43.2 Å². The molecular weight excluding hydrogens is 460 g/mol. The van der Waals surface area contributed by atoms with Crippen molar-refractivity contribution in [3.05, 3.63) is 59.3 Å². The van der Waals surface area contributed by atoms with Gasteiger partial charge in [0, 0.05) is 50.2 Å². The van der Waals surface area contributed by atoms with Crippen LogP contribution in [0.2, 0.25) is 0 Å². The van der Waals surface area contributed by atoms with E-state index in [0.717, 1.165) is 63.6 Å². The van der Waals surface area contributed by atoms with E-state index >= 15 is 0 Å². The van der Waals surface area contributed by atoms with Gasteiger partial charge in [0.25, 0.3) is 0 Å². The van der Waals surface area contributed by atoms with Gasteiger partial charge in [-0.1, -0.05) is 68.5 Å². The number of hydrogen-bond donors (Lipinski definition) is 2. The Labute approximate surface area is 221 Å². The molecule has 0 unspecified atom stereocenters. The van der Waals surface area contributed by atoms with Gasteiger partial charge in [-0.25, -0.2) is 4.98 Å². The molecule has 1 amide bonds. The van der Waals surface area contributed by atoms with Gasteiger partial charge in [0.05, 0.1) is 18.7 Å². The van der Waals surface area contributed by atoms with Crippen LogP contribution in [0.5, 0.6) is 5.88 Å². The van der Waals surface area contributed by atoms with Crippen molar-refractivity contribution in [1.29, 1.82) is 0 Å². The Bertz CT molecular complexity index is 1090. The monoisotopic (exact) mass is 502 g/mol. The fourth-order valence-electron chi connectivity index (χ4n) is 7.83. The molecule has 1 aromatic carbocycles. The van der Waals surface area contributed by atoms with E-state index in [0.29, 0.717) is 23.7 Å². The molecule has 0 radical (unpaired) electrons. The number of benzene rings is 1. The van der Waals surface area contributed by atoms with Crippen molar-refractivity contribution in [2.45, 2.75) is 75.3 Å². The number of ether oxygens (including phenoxy) is 1. The number of nitrogens with one attached hydrogen (secondary N) is 2. The summed E-state index contributed by atoms with van der Waals surface area (Å²) in [6.07, 6.45) is 10.0. The van der Waals surface area contributed by atoms with Crippen molar-refractivity contribution in [2.75, 3.05) is 33.3 Å². The van der Waals surface area contributed by atoms with E-state index in [4.69, 9.17) is 9.72 Å². The number of pyridine rings is 1. The zero-order valence-electron chi connectivity index (χ0n) is 22.3. The molecule has 4 aliphatic rings. The second kappa shape index (κ2) is 10.7. The van der Waals surface area contributed by atoms with Crippen LogP contribution in [0.4, 0.5) is 0 Å². The summed E-state index contributed by atoms with van der Waals surface area (Å²) in [6.45, 7) is 3.95. The van der Waals surface area contributed by atoms with Crippen LogP contribution in [-0.4, -0.2) is 55.1 Å². The number of carbonyl (C=O) groups is 1. The highest BCUT2D eigenvalue weighted by atomic mass is 16.5. The number of piperidine rings is 1. The lowest BCUT2D eigenvalue weighted by atomic mass is 9.69. The minimum absolute atomic E-state index is 0.0728. The Morgan fingerprint density at radius 2 is 1.86 bits per heavy atom. The lowest BCUT2D eigenvalue weighted by molar-refractivity contribution is -0.141. The smallest absolute Gasteiger partial charge is 0.228 e. The van der Waals surface area contributed by atoms with Crippen LogP contribution in [0.25, 0.3) is 0 Å². The van der Waals surface area contributed by atoms with Crippen molar-refractivity contribution in [3.63, 3.8) is 0 Å². The van der Waals surface area contributed by atoms with Crippen LogP contribution in [0.3, 0.4) is 0 Å². The summed E-state index contributed by atoms with van der Waals surface area (Å²) in [7, 11) is 1.66. The van der Waals surface area contributed by atoms with Crippen molar-refractivity contribution in [1.82, 2.24) is 20.5 Å². The summed E-state index contributed by atoms with van der Waals surface area (Å²) in [5.41, 5.74) is 3.43. The molecule has 1 saturated carbocycles. The summed E-state index contributed by atoms with van der Waals surface area (Å²) < 4.78 is 5.40. The van der Waals surface area contributed by atoms with Gasteiger partial charge in [-0.2, -0.15) is 0 Å². The third-order valence-electron chi connectivity index (χ3n) is 9.78. The van der Waals surface area contributed by atoms with Crippen LogP contribution < -0.4 is 15.4 Å². The Kier molecular flexibility index (Phi) is 7.22. The molecule has 6 heteroatoms. The average Bonchev–Trinajstić information content (AvgIpc) is 3.37. The van der Waals surface area contributed by atoms with Gasteiger partial charge in [-0.15, -0.1) is 0 Å². The number of fused-ring (bicyclic) bond motifs is 2. The van der Waals surface area contributed by atoms with E-state index in [1.807, 2.05) is 6.07 Å². The number of aromatic nitrogens is 1. The van der Waals surface area contributed by atoms with Gasteiger partial charge in [0.15, 0.2) is 0 Å². The fraction of sp³-hybridized carbons (Fsp3) is 0.613. The molecule has 4 atom stereocenters. The van der Waals surface area contributed by atoms with Gasteiger partial charge >= 0.3 is 0 Å². The quantitative estimate of drug-likeness (QED) is 0.635. The first kappa shape index (κ1) is 24.9. The lowest BCUT2D eigenvalue weighted by Gasteiger charge is -2.46. The summed E-state index contributed by atoms with van der Waals surface area (Å²) in [5.74, 6) is 2.22. The molecule has 1 aromatic heterocycles. The Balaban J connectivity index is 1.27. The molecule has 6 rings (SSSR count). The van der Waals surface area contributed by atoms with Crippen LogP contribution in [-0.2, 0) is 16.8 Å². The number of methoxy groups -OCH3 is 1. The van der Waals surface area contributed by atoms with Gasteiger partial charge in [0.1, 0.15) is 0 Å². The van der Waals surface area contributed by atoms with Crippen molar-refractivity contribution < 1.29 is 9.53 Å². The van der Waals surface area contributed by atoms with Crippen LogP contribution in [0, 0.1) is 11.8 Å². The topological polar surface area (TPSA) is 66.5 Å². The van der Waals surface area contributed by atoms with Gasteiger partial charge < -0.3 is 20.3 Å². The van der Waals surface area contributed by atoms with Crippen molar-refractivity contribution in [2.24, 2.45) is 11.8 Å². The molecule has 6 nitrogen and oxygen atoms in total. The molecule has 37 heavy (non-hydrogen) atoms. The normalized spacial score (nSPS) is 30.3. The second-order valence-corrected chi connectivity index (χ2v) is 11.8. The highest BCUT2D eigenvalue weighted by Crippen LogP contribution is 2.43. The molecule has 198 valence electrons. The maximum Gasteiger partial charge on any atom is 0.228 e. The van der Waals surface area contributed by atoms with E-state index in [1.54, 1.807) is 7.11 Å². The number of likely N-dealkylation sites (tertiary alicyclic amines) is 1. The fourth-order valence-corrected chi connectivity index (χ4v) is 7.83. The standard InChI is InChI=1S/C31H42N4O2/c1-37-29-13-12-26-28(34-29)19-33-21-31(26)20-32-18-27(31)30(36)35-15-14-24(23-10-6-3-7-11-23)17-25(35)16-22-8-4-2-5-9-22/h3,6-7,10-13,22,24-25,27,32-33H,2,4-5,8-9,14-21H2,1H3/t24-,25-,27+,31-/m1/s1. The minimum Gasteiger partial charge on any atom is -0.481 e. The summed E-state index contributed by atoms with van der Waals surface area (Å²) in [6, 6.07) is 15.4. The number of carbonyl (C=O) groups excluding carboxylic acids is 1. The molecule has 2 N–H and O–H groups in total. The molecule has 1 spiro atoms. The summed E-state index contributed by atoms with van der Waals surface area (Å²) in [5, 5.41) is 7.20. The van der Waals surface area contributed by atoms with Gasteiger partial charge in [-0.3, -0.25) is 4.79 Å². The number of hydrogen-bond acceptors (Lipinski definition) is 5. The highest BCUT2D eigenvalue weighted by molar-refractivity contribution is 5.82. The SMILES string of the molecule is COc1ccc2c(n1)CNC[C@]21CNC[C@H]1C(=O)N1CC[C@@H](c2ccccc2)C[C@H]1CC1CCCCC1. The molecule has 1 aliphatic carbocycles. The van der Waals surface area contributed by atoms with Crippen molar-refractivity contribution >= 4 is 5.91 Å². The van der Waals surface area contributed by atoms with E-state index in [9.17, 15) is 4.79 Å². The number of rotatable bonds is 5. The molecule has 0 bridgehead atoms. The molecule has 2 aromatic rings. The average molecular weight is 503 g/mol. The molecule has 3 fully saturated rings. The predicted molar refractivity (Wildman–Crippen MR) is 146 cm³/mol. The third kappa shape index (κ3) is 4.79. The first-order valence-electron chi connectivity index (χ1n) is 14.5. The zero-order chi connectivity index (χ0) is 25.2. The molecule has 4 heterocycles. The van der Waals surface area contributed by atoms with Gasteiger partial charge in [-0.05, 0) is 42.2 Å². The number of nitrogens with zero attached hydrogens (tertiary/aromatic N) is 2. The summed E-state index contributed by atoms with van der Waals surface area (Å²) in [4.78, 5) is 21.6. The number of amides is 1.